The van der Waals surface area contributed by atoms with Crippen molar-refractivity contribution in [3.8, 4) is 17.2 Å². The summed E-state index contributed by atoms with van der Waals surface area (Å²) in [5.74, 6) is -0.373. The van der Waals surface area contributed by atoms with Gasteiger partial charge in [-0.05, 0) is 24.3 Å². The average Bonchev–Trinajstić information content (AvgIpc) is 2.70. The second-order valence-corrected chi connectivity index (χ2v) is 6.44. The number of nitrogens with one attached hydrogen (secondary N) is 1. The first-order valence-electron chi connectivity index (χ1n) is 8.38. The molecule has 2 aromatic carbocycles. The quantitative estimate of drug-likeness (QED) is 0.720. The summed E-state index contributed by atoms with van der Waals surface area (Å²) in [6, 6.07) is 10.1. The van der Waals surface area contributed by atoms with Crippen molar-refractivity contribution in [2.75, 3.05) is 18.5 Å². The van der Waals surface area contributed by atoms with Crippen LogP contribution in [0.5, 0.6) is 11.5 Å². The van der Waals surface area contributed by atoms with Crippen LogP contribution in [0.25, 0.3) is 5.69 Å². The molecule has 28 heavy (non-hydrogen) atoms. The molecule has 1 unspecified atom stereocenters. The van der Waals surface area contributed by atoms with Crippen LogP contribution in [0.1, 0.15) is 0 Å². The van der Waals surface area contributed by atoms with Crippen molar-refractivity contribution in [2.45, 2.75) is 6.10 Å². The Kier molecular flexibility index (Phi) is 4.87. The second kappa shape index (κ2) is 7.47. The minimum atomic E-state index is -0.919. The molecule has 0 saturated carbocycles. The van der Waals surface area contributed by atoms with E-state index in [2.05, 4.69) is 10.4 Å². The molecule has 1 aromatic heterocycles. The molecule has 2 heterocycles. The van der Waals surface area contributed by atoms with Gasteiger partial charge in [-0.25, -0.2) is 8.78 Å². The first kappa shape index (κ1) is 18.2. The zero-order valence-electron chi connectivity index (χ0n) is 14.4. The minimum absolute atomic E-state index is 0.171. The van der Waals surface area contributed by atoms with Crippen molar-refractivity contribution in [3.63, 3.8) is 0 Å². The first-order valence-corrected chi connectivity index (χ1v) is 8.76. The standard InChI is InChI=1S/C19H14ClF2N3O3/c20-18-14(23-8-12-10-27-16-3-1-2-4-17(16)28-12)9-24-25(19(18)26)15-6-5-11(21)7-13(15)22/h1-7,9,12,23H,8,10H2. The summed E-state index contributed by atoms with van der Waals surface area (Å²) in [5.41, 5.74) is -0.656. The van der Waals surface area contributed by atoms with Gasteiger partial charge in [0, 0.05) is 6.07 Å². The SMILES string of the molecule is O=c1c(Cl)c(NCC2COc3ccccc3O2)cnn1-c1ccc(F)cc1F. The van der Waals surface area contributed by atoms with E-state index in [0.717, 1.165) is 16.8 Å². The number of ether oxygens (including phenoxy) is 2. The lowest BCUT2D eigenvalue weighted by Crippen LogP contribution is -2.35. The van der Waals surface area contributed by atoms with Gasteiger partial charge in [0.15, 0.2) is 17.3 Å². The van der Waals surface area contributed by atoms with Crippen LogP contribution in [0.15, 0.2) is 53.5 Å². The van der Waals surface area contributed by atoms with Crippen molar-refractivity contribution >= 4 is 17.3 Å². The summed E-state index contributed by atoms with van der Waals surface area (Å²) >= 11 is 6.13. The smallest absolute Gasteiger partial charge is 0.292 e. The Morgan fingerprint density at radius 1 is 1.21 bits per heavy atom. The van der Waals surface area contributed by atoms with E-state index < -0.39 is 17.2 Å². The van der Waals surface area contributed by atoms with E-state index in [9.17, 15) is 13.6 Å². The number of halogens is 3. The van der Waals surface area contributed by atoms with Gasteiger partial charge in [0.2, 0.25) is 0 Å². The highest BCUT2D eigenvalue weighted by atomic mass is 35.5. The van der Waals surface area contributed by atoms with Gasteiger partial charge in [-0.15, -0.1) is 0 Å². The van der Waals surface area contributed by atoms with Crippen LogP contribution in [0.3, 0.4) is 0 Å². The maximum absolute atomic E-state index is 13.9. The third-order valence-corrected chi connectivity index (χ3v) is 4.51. The number of nitrogens with zero attached hydrogens (tertiary/aromatic N) is 2. The fraction of sp³-hybridized carbons (Fsp3) is 0.158. The maximum Gasteiger partial charge on any atom is 0.292 e. The van der Waals surface area contributed by atoms with Gasteiger partial charge < -0.3 is 14.8 Å². The molecule has 0 spiro atoms. The fourth-order valence-electron chi connectivity index (χ4n) is 2.77. The number of benzene rings is 2. The van der Waals surface area contributed by atoms with E-state index in [-0.39, 0.29) is 22.5 Å². The molecule has 6 nitrogen and oxygen atoms in total. The summed E-state index contributed by atoms with van der Waals surface area (Å²) in [4.78, 5) is 12.5. The highest BCUT2D eigenvalue weighted by Gasteiger charge is 2.21. The molecule has 0 saturated heterocycles. The van der Waals surface area contributed by atoms with E-state index in [1.807, 2.05) is 18.2 Å². The number of anilines is 1. The Bertz CT molecular complexity index is 1090. The van der Waals surface area contributed by atoms with Crippen LogP contribution in [0, 0.1) is 11.6 Å². The van der Waals surface area contributed by atoms with Crippen molar-refractivity contribution in [1.82, 2.24) is 9.78 Å². The molecule has 1 atom stereocenters. The highest BCUT2D eigenvalue weighted by molar-refractivity contribution is 6.32. The number of rotatable bonds is 4. The lowest BCUT2D eigenvalue weighted by Gasteiger charge is -2.26. The van der Waals surface area contributed by atoms with Crippen molar-refractivity contribution < 1.29 is 18.3 Å². The molecule has 0 aliphatic carbocycles. The lowest BCUT2D eigenvalue weighted by atomic mass is 10.2. The van der Waals surface area contributed by atoms with E-state index >= 15 is 0 Å². The summed E-state index contributed by atoms with van der Waals surface area (Å²) in [5, 5.41) is 6.74. The van der Waals surface area contributed by atoms with Gasteiger partial charge in [0.05, 0.1) is 18.4 Å². The minimum Gasteiger partial charge on any atom is -0.486 e. The van der Waals surface area contributed by atoms with Gasteiger partial charge in [-0.1, -0.05) is 23.7 Å². The first-order chi connectivity index (χ1) is 13.5. The molecular weight excluding hydrogens is 392 g/mol. The Balaban J connectivity index is 1.51. The van der Waals surface area contributed by atoms with E-state index in [1.54, 1.807) is 6.07 Å². The van der Waals surface area contributed by atoms with E-state index in [1.165, 1.54) is 6.20 Å². The zero-order valence-corrected chi connectivity index (χ0v) is 15.1. The van der Waals surface area contributed by atoms with Gasteiger partial charge in [-0.3, -0.25) is 4.79 Å². The third-order valence-electron chi connectivity index (χ3n) is 4.14. The van der Waals surface area contributed by atoms with Crippen LogP contribution < -0.4 is 20.3 Å². The predicted molar refractivity (Wildman–Crippen MR) is 99.6 cm³/mol. The normalized spacial score (nSPS) is 15.3. The van der Waals surface area contributed by atoms with Crippen LogP contribution in [-0.2, 0) is 0 Å². The molecule has 0 bridgehead atoms. The topological polar surface area (TPSA) is 65.4 Å². The molecule has 1 N–H and O–H groups in total. The number of aromatic nitrogens is 2. The maximum atomic E-state index is 13.9. The highest BCUT2D eigenvalue weighted by Crippen LogP contribution is 2.31. The largest absolute Gasteiger partial charge is 0.486 e. The Hall–Kier alpha value is -3.13. The Labute approximate surface area is 163 Å². The third kappa shape index (κ3) is 3.50. The number of hydrogen-bond acceptors (Lipinski definition) is 5. The van der Waals surface area contributed by atoms with Gasteiger partial charge in [0.1, 0.15) is 29.2 Å². The molecule has 0 fully saturated rings. The molecule has 0 radical (unpaired) electrons. The molecule has 3 aromatic rings. The van der Waals surface area contributed by atoms with Crippen molar-refractivity contribution in [3.05, 3.63) is 75.7 Å². The van der Waals surface area contributed by atoms with Gasteiger partial charge in [-0.2, -0.15) is 9.78 Å². The number of hydrogen-bond donors (Lipinski definition) is 1. The van der Waals surface area contributed by atoms with Crippen LogP contribution >= 0.6 is 11.6 Å². The molecule has 4 rings (SSSR count). The molecule has 1 aliphatic rings. The molecular formula is C19H14ClF2N3O3. The monoisotopic (exact) mass is 405 g/mol. The molecule has 0 amide bonds. The van der Waals surface area contributed by atoms with Crippen molar-refractivity contribution in [2.24, 2.45) is 0 Å². The zero-order chi connectivity index (χ0) is 19.7. The molecule has 9 heteroatoms. The second-order valence-electron chi connectivity index (χ2n) is 6.06. The summed E-state index contributed by atoms with van der Waals surface area (Å²) in [6.45, 7) is 0.636. The summed E-state index contributed by atoms with van der Waals surface area (Å²) in [6.07, 6.45) is 0.993. The van der Waals surface area contributed by atoms with Crippen LogP contribution in [0.2, 0.25) is 5.02 Å². The molecule has 144 valence electrons. The van der Waals surface area contributed by atoms with Crippen LogP contribution in [0.4, 0.5) is 14.5 Å². The average molecular weight is 406 g/mol. The van der Waals surface area contributed by atoms with E-state index in [0.29, 0.717) is 30.7 Å². The summed E-state index contributed by atoms with van der Waals surface area (Å²) in [7, 11) is 0. The number of fused-ring (bicyclic) bond motifs is 1. The van der Waals surface area contributed by atoms with E-state index in [4.69, 9.17) is 21.1 Å². The van der Waals surface area contributed by atoms with Crippen LogP contribution in [-0.4, -0.2) is 29.0 Å². The number of para-hydroxylation sites is 2. The Morgan fingerprint density at radius 2 is 2.00 bits per heavy atom. The van der Waals surface area contributed by atoms with Gasteiger partial charge in [0.25, 0.3) is 5.56 Å². The molecule has 1 aliphatic heterocycles. The van der Waals surface area contributed by atoms with Crippen molar-refractivity contribution in [1.29, 1.82) is 0 Å². The predicted octanol–water partition coefficient (Wildman–Crippen LogP) is 3.42. The lowest BCUT2D eigenvalue weighted by molar-refractivity contribution is 0.0997. The fourth-order valence-corrected chi connectivity index (χ4v) is 2.96. The summed E-state index contributed by atoms with van der Waals surface area (Å²) < 4.78 is 39.2. The Morgan fingerprint density at radius 3 is 2.79 bits per heavy atom. The van der Waals surface area contributed by atoms with Gasteiger partial charge >= 0.3 is 0 Å².